The summed E-state index contributed by atoms with van der Waals surface area (Å²) in [5, 5.41) is 2.72. The number of anilines is 1. The Labute approximate surface area is 124 Å². The van der Waals surface area contributed by atoms with E-state index in [0.29, 0.717) is 17.7 Å². The Morgan fingerprint density at radius 2 is 1.95 bits per heavy atom. The number of rotatable bonds is 5. The quantitative estimate of drug-likeness (QED) is 0.888. The number of amides is 1. The molecule has 0 aromatic heterocycles. The third-order valence-electron chi connectivity index (χ3n) is 3.42. The van der Waals surface area contributed by atoms with Crippen LogP contribution in [0.1, 0.15) is 11.1 Å². The van der Waals surface area contributed by atoms with E-state index in [1.54, 1.807) is 19.1 Å². The summed E-state index contributed by atoms with van der Waals surface area (Å²) in [6, 6.07) is 14.3. The Morgan fingerprint density at radius 3 is 2.57 bits per heavy atom. The molecule has 0 saturated carbocycles. The van der Waals surface area contributed by atoms with Crippen molar-refractivity contribution in [2.75, 3.05) is 11.9 Å². The van der Waals surface area contributed by atoms with Gasteiger partial charge in [-0.2, -0.15) is 0 Å². The Bertz CT molecular complexity index is 613. The van der Waals surface area contributed by atoms with Crippen LogP contribution in [0.25, 0.3) is 0 Å². The van der Waals surface area contributed by atoms with E-state index in [-0.39, 0.29) is 24.2 Å². The molecule has 0 saturated heterocycles. The third kappa shape index (κ3) is 4.13. The third-order valence-corrected chi connectivity index (χ3v) is 3.42. The Morgan fingerprint density at radius 1 is 1.24 bits per heavy atom. The van der Waals surface area contributed by atoms with Gasteiger partial charge in [-0.3, -0.25) is 4.79 Å². The highest BCUT2D eigenvalue weighted by Gasteiger charge is 2.17. The summed E-state index contributed by atoms with van der Waals surface area (Å²) in [6.45, 7) is 1.92. The van der Waals surface area contributed by atoms with E-state index in [9.17, 15) is 9.18 Å². The SMILES string of the molecule is Cc1ccc(NC(=O)C(CN)Cc2ccccc2)cc1F. The van der Waals surface area contributed by atoms with E-state index < -0.39 is 0 Å². The second-order valence-electron chi connectivity index (χ2n) is 5.08. The van der Waals surface area contributed by atoms with Crippen molar-refractivity contribution in [1.29, 1.82) is 0 Å². The lowest BCUT2D eigenvalue weighted by Crippen LogP contribution is -2.31. The van der Waals surface area contributed by atoms with Crippen molar-refractivity contribution in [1.82, 2.24) is 0 Å². The van der Waals surface area contributed by atoms with Crippen LogP contribution in [0.4, 0.5) is 10.1 Å². The summed E-state index contributed by atoms with van der Waals surface area (Å²) < 4.78 is 13.5. The van der Waals surface area contributed by atoms with E-state index in [4.69, 9.17) is 5.73 Å². The number of hydrogen-bond acceptors (Lipinski definition) is 2. The normalized spacial score (nSPS) is 12.0. The zero-order chi connectivity index (χ0) is 15.2. The summed E-state index contributed by atoms with van der Waals surface area (Å²) in [5.74, 6) is -0.860. The van der Waals surface area contributed by atoms with Crippen LogP contribution in [-0.4, -0.2) is 12.5 Å². The number of nitrogens with two attached hydrogens (primary N) is 1. The fourth-order valence-corrected chi connectivity index (χ4v) is 2.10. The lowest BCUT2D eigenvalue weighted by Gasteiger charge is -2.15. The maximum atomic E-state index is 13.5. The second-order valence-corrected chi connectivity index (χ2v) is 5.08. The van der Waals surface area contributed by atoms with Crippen LogP contribution in [0.2, 0.25) is 0 Å². The molecule has 2 aromatic carbocycles. The van der Waals surface area contributed by atoms with Gasteiger partial charge in [0.15, 0.2) is 0 Å². The molecule has 2 aromatic rings. The summed E-state index contributed by atoms with van der Waals surface area (Å²) >= 11 is 0. The highest BCUT2D eigenvalue weighted by molar-refractivity contribution is 5.92. The van der Waals surface area contributed by atoms with Gasteiger partial charge in [-0.05, 0) is 36.6 Å². The highest BCUT2D eigenvalue weighted by atomic mass is 19.1. The van der Waals surface area contributed by atoms with Crippen LogP contribution in [0.5, 0.6) is 0 Å². The maximum Gasteiger partial charge on any atom is 0.229 e. The Hall–Kier alpha value is -2.20. The predicted octanol–water partition coefficient (Wildman–Crippen LogP) is 2.89. The topological polar surface area (TPSA) is 55.1 Å². The van der Waals surface area contributed by atoms with Gasteiger partial charge >= 0.3 is 0 Å². The van der Waals surface area contributed by atoms with Gasteiger partial charge in [0.25, 0.3) is 0 Å². The molecule has 21 heavy (non-hydrogen) atoms. The Balaban J connectivity index is 2.04. The van der Waals surface area contributed by atoms with Gasteiger partial charge in [0, 0.05) is 12.2 Å². The van der Waals surface area contributed by atoms with Gasteiger partial charge in [0.2, 0.25) is 5.91 Å². The second kappa shape index (κ2) is 6.99. The zero-order valence-electron chi connectivity index (χ0n) is 12.0. The molecule has 0 aliphatic rings. The minimum atomic E-state index is -0.336. The molecule has 0 aliphatic heterocycles. The number of carbonyl (C=O) groups excluding carboxylic acids is 1. The van der Waals surface area contributed by atoms with Crippen LogP contribution in [0.3, 0.4) is 0 Å². The molecule has 110 valence electrons. The molecule has 1 atom stereocenters. The number of carbonyl (C=O) groups is 1. The zero-order valence-corrected chi connectivity index (χ0v) is 12.0. The summed E-state index contributed by atoms with van der Waals surface area (Å²) in [5.41, 5.74) is 7.75. The molecule has 3 N–H and O–H groups in total. The Kier molecular flexibility index (Phi) is 5.06. The molecule has 0 bridgehead atoms. The average molecular weight is 286 g/mol. The van der Waals surface area contributed by atoms with E-state index in [1.807, 2.05) is 30.3 Å². The summed E-state index contributed by atoms with van der Waals surface area (Å²) in [4.78, 5) is 12.2. The minimum Gasteiger partial charge on any atom is -0.330 e. The molecule has 0 aliphatic carbocycles. The van der Waals surface area contributed by atoms with Gasteiger partial charge in [-0.25, -0.2) is 4.39 Å². The first-order valence-corrected chi connectivity index (χ1v) is 6.91. The smallest absolute Gasteiger partial charge is 0.229 e. The van der Waals surface area contributed by atoms with Gasteiger partial charge < -0.3 is 11.1 Å². The van der Waals surface area contributed by atoms with Crippen molar-refractivity contribution in [2.24, 2.45) is 11.7 Å². The van der Waals surface area contributed by atoms with Gasteiger partial charge in [0.05, 0.1) is 5.92 Å². The van der Waals surface area contributed by atoms with Crippen molar-refractivity contribution in [3.8, 4) is 0 Å². The molecule has 1 unspecified atom stereocenters. The number of halogens is 1. The molecule has 4 heteroatoms. The molecule has 3 nitrogen and oxygen atoms in total. The first kappa shape index (κ1) is 15.2. The van der Waals surface area contributed by atoms with E-state index in [1.165, 1.54) is 6.07 Å². The van der Waals surface area contributed by atoms with Crippen LogP contribution >= 0.6 is 0 Å². The minimum absolute atomic E-state index is 0.190. The molecule has 0 radical (unpaired) electrons. The summed E-state index contributed by atoms with van der Waals surface area (Å²) in [7, 11) is 0. The average Bonchev–Trinajstić information content (AvgIpc) is 2.49. The lowest BCUT2D eigenvalue weighted by molar-refractivity contribution is -0.119. The van der Waals surface area contributed by atoms with Crippen molar-refractivity contribution in [3.63, 3.8) is 0 Å². The highest BCUT2D eigenvalue weighted by Crippen LogP contribution is 2.16. The van der Waals surface area contributed by atoms with Gasteiger partial charge in [-0.1, -0.05) is 36.4 Å². The number of nitrogens with one attached hydrogen (secondary N) is 1. The molecule has 0 fully saturated rings. The number of benzene rings is 2. The molecule has 0 spiro atoms. The maximum absolute atomic E-state index is 13.5. The molecular formula is C17H19FN2O. The van der Waals surface area contributed by atoms with Crippen LogP contribution in [-0.2, 0) is 11.2 Å². The van der Waals surface area contributed by atoms with E-state index in [2.05, 4.69) is 5.32 Å². The molecular weight excluding hydrogens is 267 g/mol. The monoisotopic (exact) mass is 286 g/mol. The van der Waals surface area contributed by atoms with Gasteiger partial charge in [-0.15, -0.1) is 0 Å². The molecule has 1 amide bonds. The van der Waals surface area contributed by atoms with Crippen molar-refractivity contribution in [2.45, 2.75) is 13.3 Å². The van der Waals surface area contributed by atoms with E-state index >= 15 is 0 Å². The van der Waals surface area contributed by atoms with Crippen molar-refractivity contribution in [3.05, 3.63) is 65.5 Å². The van der Waals surface area contributed by atoms with Crippen LogP contribution in [0.15, 0.2) is 48.5 Å². The lowest BCUT2D eigenvalue weighted by atomic mass is 9.98. The van der Waals surface area contributed by atoms with Crippen molar-refractivity contribution < 1.29 is 9.18 Å². The number of aryl methyl sites for hydroxylation is 1. The predicted molar refractivity (Wildman–Crippen MR) is 82.5 cm³/mol. The van der Waals surface area contributed by atoms with Gasteiger partial charge in [0.1, 0.15) is 5.82 Å². The summed E-state index contributed by atoms with van der Waals surface area (Å²) in [6.07, 6.45) is 0.567. The van der Waals surface area contributed by atoms with Crippen molar-refractivity contribution >= 4 is 11.6 Å². The standard InChI is InChI=1S/C17H19FN2O/c1-12-7-8-15(10-16(12)18)20-17(21)14(11-19)9-13-5-3-2-4-6-13/h2-8,10,14H,9,11,19H2,1H3,(H,20,21). The van der Waals surface area contributed by atoms with E-state index in [0.717, 1.165) is 5.56 Å². The van der Waals surface area contributed by atoms with Crippen LogP contribution < -0.4 is 11.1 Å². The van der Waals surface area contributed by atoms with Crippen LogP contribution in [0, 0.1) is 18.7 Å². The first-order chi connectivity index (χ1) is 10.1. The number of hydrogen-bond donors (Lipinski definition) is 2. The molecule has 0 heterocycles. The fourth-order valence-electron chi connectivity index (χ4n) is 2.10. The first-order valence-electron chi connectivity index (χ1n) is 6.91. The molecule has 2 rings (SSSR count). The fraction of sp³-hybridized carbons (Fsp3) is 0.235. The largest absolute Gasteiger partial charge is 0.330 e.